The molecule has 1 aromatic carbocycles. The third-order valence-corrected chi connectivity index (χ3v) is 4.70. The highest BCUT2D eigenvalue weighted by atomic mass is 35.5. The maximum absolute atomic E-state index is 11.8. The predicted molar refractivity (Wildman–Crippen MR) is 86.8 cm³/mol. The molecule has 1 amide bonds. The lowest BCUT2D eigenvalue weighted by atomic mass is 10.1. The molecule has 0 saturated carbocycles. The summed E-state index contributed by atoms with van der Waals surface area (Å²) in [5.74, 6) is -0.743. The summed E-state index contributed by atoms with van der Waals surface area (Å²) in [6.45, 7) is 3.50. The van der Waals surface area contributed by atoms with E-state index in [2.05, 4.69) is 5.32 Å². The molecular formula is C14H19ClN2O3S. The van der Waals surface area contributed by atoms with Crippen molar-refractivity contribution in [2.75, 3.05) is 11.1 Å². The van der Waals surface area contributed by atoms with Gasteiger partial charge in [-0.1, -0.05) is 23.7 Å². The molecule has 116 valence electrons. The van der Waals surface area contributed by atoms with Gasteiger partial charge in [-0.25, -0.2) is 0 Å². The smallest absolute Gasteiger partial charge is 0.321 e. The molecule has 0 aliphatic rings. The van der Waals surface area contributed by atoms with E-state index >= 15 is 0 Å². The molecule has 21 heavy (non-hydrogen) atoms. The molecule has 0 spiro atoms. The van der Waals surface area contributed by atoms with Crippen molar-refractivity contribution in [2.45, 2.75) is 31.1 Å². The molecule has 0 saturated heterocycles. The van der Waals surface area contributed by atoms with Crippen molar-refractivity contribution < 1.29 is 14.7 Å². The minimum Gasteiger partial charge on any atom is -0.480 e. The second-order valence-corrected chi connectivity index (χ2v) is 7.20. The summed E-state index contributed by atoms with van der Waals surface area (Å²) in [4.78, 5) is 22.7. The maximum Gasteiger partial charge on any atom is 0.321 e. The summed E-state index contributed by atoms with van der Waals surface area (Å²) < 4.78 is -0.642. The predicted octanol–water partition coefficient (Wildman–Crippen LogP) is 2.59. The molecule has 0 radical (unpaired) electrons. The second-order valence-electron chi connectivity index (χ2n) is 5.05. The van der Waals surface area contributed by atoms with Crippen LogP contribution in [0.5, 0.6) is 0 Å². The minimum absolute atomic E-state index is 0.171. The number of hydrogen-bond acceptors (Lipinski definition) is 4. The Morgan fingerprint density at radius 2 is 2.05 bits per heavy atom. The number of carbonyl (C=O) groups excluding carboxylic acids is 1. The Morgan fingerprint density at radius 1 is 1.43 bits per heavy atom. The number of thioether (sulfide) groups is 1. The number of aliphatic carboxylic acids is 1. The number of amides is 1. The molecule has 5 nitrogen and oxygen atoms in total. The third-order valence-electron chi connectivity index (χ3n) is 2.97. The second kappa shape index (κ2) is 7.68. The average Bonchev–Trinajstić information content (AvgIpc) is 2.40. The van der Waals surface area contributed by atoms with Gasteiger partial charge in [0.05, 0.1) is 10.7 Å². The Kier molecular flexibility index (Phi) is 6.51. The van der Waals surface area contributed by atoms with Gasteiger partial charge in [-0.05, 0) is 26.0 Å². The molecule has 1 rings (SSSR count). The fourth-order valence-electron chi connectivity index (χ4n) is 1.57. The SMILES string of the molecule is CC(C)(SCCC(=O)Nc1ccccc1Cl)[C@@H](N)C(=O)O. The zero-order valence-electron chi connectivity index (χ0n) is 11.9. The molecular weight excluding hydrogens is 312 g/mol. The Balaban J connectivity index is 2.44. The van der Waals surface area contributed by atoms with Crippen LogP contribution in [0.25, 0.3) is 0 Å². The number of hydrogen-bond donors (Lipinski definition) is 3. The number of anilines is 1. The first-order chi connectivity index (χ1) is 9.74. The molecule has 0 aliphatic heterocycles. The molecule has 0 unspecified atom stereocenters. The van der Waals surface area contributed by atoms with Crippen LogP contribution in [0.3, 0.4) is 0 Å². The van der Waals surface area contributed by atoms with Gasteiger partial charge in [0, 0.05) is 16.9 Å². The Morgan fingerprint density at radius 3 is 2.62 bits per heavy atom. The molecule has 0 fully saturated rings. The van der Waals surface area contributed by atoms with Gasteiger partial charge in [-0.15, -0.1) is 0 Å². The summed E-state index contributed by atoms with van der Waals surface area (Å²) >= 11 is 7.31. The third kappa shape index (κ3) is 5.57. The number of nitrogens with one attached hydrogen (secondary N) is 1. The highest BCUT2D eigenvalue weighted by molar-refractivity contribution is 8.00. The number of halogens is 1. The fraction of sp³-hybridized carbons (Fsp3) is 0.429. The zero-order chi connectivity index (χ0) is 16.0. The molecule has 0 heterocycles. The van der Waals surface area contributed by atoms with Crippen molar-refractivity contribution in [1.29, 1.82) is 0 Å². The number of para-hydroxylation sites is 1. The highest BCUT2D eigenvalue weighted by Crippen LogP contribution is 2.28. The van der Waals surface area contributed by atoms with Crippen molar-refractivity contribution in [3.05, 3.63) is 29.3 Å². The molecule has 4 N–H and O–H groups in total. The van der Waals surface area contributed by atoms with E-state index in [1.165, 1.54) is 11.8 Å². The Labute approximate surface area is 133 Å². The zero-order valence-corrected chi connectivity index (χ0v) is 13.5. The average molecular weight is 331 g/mol. The molecule has 0 bridgehead atoms. The number of carbonyl (C=O) groups is 2. The van der Waals surface area contributed by atoms with E-state index < -0.39 is 16.8 Å². The Hall–Kier alpha value is -1.24. The number of rotatable bonds is 7. The molecule has 0 aliphatic carbocycles. The van der Waals surface area contributed by atoms with E-state index in [1.807, 2.05) is 0 Å². The quantitative estimate of drug-likeness (QED) is 0.714. The van der Waals surface area contributed by atoms with Crippen LogP contribution in [-0.2, 0) is 9.59 Å². The normalized spacial score (nSPS) is 12.8. The number of benzene rings is 1. The summed E-state index contributed by atoms with van der Waals surface area (Å²) in [5, 5.41) is 12.1. The Bertz CT molecular complexity index is 523. The van der Waals surface area contributed by atoms with Gasteiger partial charge in [-0.3, -0.25) is 9.59 Å². The van der Waals surface area contributed by atoms with Crippen molar-refractivity contribution in [1.82, 2.24) is 0 Å². The van der Waals surface area contributed by atoms with Gasteiger partial charge in [-0.2, -0.15) is 11.8 Å². The van der Waals surface area contributed by atoms with Crippen molar-refractivity contribution in [3.8, 4) is 0 Å². The molecule has 1 atom stereocenters. The van der Waals surface area contributed by atoms with E-state index in [0.29, 0.717) is 16.5 Å². The summed E-state index contributed by atoms with van der Waals surface area (Å²) in [6, 6.07) is 6.00. The molecule has 7 heteroatoms. The number of carboxylic acid groups (broad SMARTS) is 1. The first kappa shape index (κ1) is 17.8. The minimum atomic E-state index is -1.05. The van der Waals surface area contributed by atoms with Crippen molar-refractivity contribution >= 4 is 40.9 Å². The van der Waals surface area contributed by atoms with Gasteiger partial charge < -0.3 is 16.2 Å². The van der Waals surface area contributed by atoms with E-state index in [-0.39, 0.29) is 12.3 Å². The topological polar surface area (TPSA) is 92.4 Å². The van der Waals surface area contributed by atoms with Crippen LogP contribution < -0.4 is 11.1 Å². The molecule has 0 aromatic heterocycles. The van der Waals surface area contributed by atoms with Gasteiger partial charge in [0.15, 0.2) is 0 Å². The summed E-state index contributed by atoms with van der Waals surface area (Å²) in [6.07, 6.45) is 0.256. The number of nitrogens with two attached hydrogens (primary N) is 1. The van der Waals surface area contributed by atoms with Gasteiger partial charge in [0.25, 0.3) is 0 Å². The van der Waals surface area contributed by atoms with Crippen LogP contribution in [0.15, 0.2) is 24.3 Å². The number of carboxylic acids is 1. The van der Waals surface area contributed by atoms with Crippen molar-refractivity contribution in [2.24, 2.45) is 5.73 Å². The fourth-order valence-corrected chi connectivity index (χ4v) is 2.85. The first-order valence-electron chi connectivity index (χ1n) is 6.41. The van der Waals surface area contributed by atoms with E-state index in [9.17, 15) is 9.59 Å². The van der Waals surface area contributed by atoms with Crippen LogP contribution in [-0.4, -0.2) is 33.5 Å². The lowest BCUT2D eigenvalue weighted by molar-refractivity contribution is -0.139. The standard InChI is InChI=1S/C14H19ClN2O3S/c1-14(2,12(16)13(19)20)21-8-7-11(18)17-10-6-4-3-5-9(10)15/h3-6,12H,7-8,16H2,1-2H3,(H,17,18)(H,19,20)/t12-/m0/s1. The molecule has 1 aromatic rings. The van der Waals surface area contributed by atoms with Crippen LogP contribution >= 0.6 is 23.4 Å². The summed E-state index contributed by atoms with van der Waals surface area (Å²) in [7, 11) is 0. The van der Waals surface area contributed by atoms with E-state index in [1.54, 1.807) is 38.1 Å². The highest BCUT2D eigenvalue weighted by Gasteiger charge is 2.32. The van der Waals surface area contributed by atoms with Crippen LogP contribution in [0, 0.1) is 0 Å². The summed E-state index contributed by atoms with van der Waals surface area (Å²) in [5.41, 5.74) is 6.18. The van der Waals surface area contributed by atoms with E-state index in [4.69, 9.17) is 22.4 Å². The van der Waals surface area contributed by atoms with Crippen LogP contribution in [0.4, 0.5) is 5.69 Å². The monoisotopic (exact) mass is 330 g/mol. The van der Waals surface area contributed by atoms with Gasteiger partial charge in [0.2, 0.25) is 5.91 Å². The lowest BCUT2D eigenvalue weighted by Crippen LogP contribution is -2.46. The first-order valence-corrected chi connectivity index (χ1v) is 7.77. The van der Waals surface area contributed by atoms with Crippen LogP contribution in [0.2, 0.25) is 5.02 Å². The maximum atomic E-state index is 11.8. The van der Waals surface area contributed by atoms with Gasteiger partial charge in [0.1, 0.15) is 6.04 Å². The van der Waals surface area contributed by atoms with E-state index in [0.717, 1.165) is 0 Å². The van der Waals surface area contributed by atoms with Crippen LogP contribution in [0.1, 0.15) is 20.3 Å². The lowest BCUT2D eigenvalue weighted by Gasteiger charge is -2.27. The largest absolute Gasteiger partial charge is 0.480 e. The van der Waals surface area contributed by atoms with Gasteiger partial charge >= 0.3 is 5.97 Å². The van der Waals surface area contributed by atoms with Crippen molar-refractivity contribution in [3.63, 3.8) is 0 Å².